The van der Waals surface area contributed by atoms with E-state index in [-0.39, 0.29) is 5.91 Å². The van der Waals surface area contributed by atoms with Gasteiger partial charge in [0, 0.05) is 5.69 Å². The molecule has 0 radical (unpaired) electrons. The number of carbonyl (C=O) groups is 1. The van der Waals surface area contributed by atoms with Crippen LogP contribution in [-0.4, -0.2) is 10.5 Å². The number of nitrogens with zero attached hydrogens (tertiary/aromatic N) is 1. The number of rotatable bonds is 0. The summed E-state index contributed by atoms with van der Waals surface area (Å²) in [6.45, 7) is 0.949. The van der Waals surface area contributed by atoms with Gasteiger partial charge in [0.05, 0.1) is 6.54 Å². The molecule has 0 fully saturated rings. The van der Waals surface area contributed by atoms with Crippen molar-refractivity contribution < 1.29 is 4.79 Å². The van der Waals surface area contributed by atoms with Crippen molar-refractivity contribution in [2.75, 3.05) is 5.73 Å². The van der Waals surface area contributed by atoms with E-state index in [1.807, 2.05) is 16.7 Å². The molecule has 2 rings (SSSR count). The molecule has 0 unspecified atom stereocenters. The number of nitrogens with one attached hydrogen (secondary N) is 1. The van der Waals surface area contributed by atoms with Crippen LogP contribution in [0.5, 0.6) is 0 Å². The summed E-state index contributed by atoms with van der Waals surface area (Å²) in [7, 11) is 0. The Morgan fingerprint density at radius 3 is 3.18 bits per heavy atom. The molecular formula is C7H9N3O. The van der Waals surface area contributed by atoms with Crippen molar-refractivity contribution in [1.82, 2.24) is 9.88 Å². The third kappa shape index (κ3) is 0.869. The predicted octanol–water partition coefficient (Wildman–Crippen LogP) is -0.300. The number of nitrogens with two attached hydrogens (primary N) is 1. The lowest BCUT2D eigenvalue weighted by Gasteiger charge is -2.16. The number of hydrogen-bond donors (Lipinski definition) is 2. The molecule has 1 aromatic heterocycles. The smallest absolute Gasteiger partial charge is 0.240 e. The molecule has 11 heavy (non-hydrogen) atoms. The lowest BCUT2D eigenvalue weighted by atomic mass is 10.3. The van der Waals surface area contributed by atoms with Crippen molar-refractivity contribution in [2.24, 2.45) is 0 Å². The molecule has 1 aromatic rings. The van der Waals surface area contributed by atoms with Gasteiger partial charge in [-0.25, -0.2) is 0 Å². The van der Waals surface area contributed by atoms with Crippen LogP contribution in [0.1, 0.15) is 5.69 Å². The summed E-state index contributed by atoms with van der Waals surface area (Å²) in [6, 6.07) is 3.74. The Hall–Kier alpha value is -1.45. The normalized spacial score (nSPS) is 15.8. The first-order valence-corrected chi connectivity index (χ1v) is 3.48. The van der Waals surface area contributed by atoms with Gasteiger partial charge in [0.2, 0.25) is 5.91 Å². The highest BCUT2D eigenvalue weighted by Gasteiger charge is 2.14. The molecule has 3 N–H and O–H groups in total. The fraction of sp³-hybridized carbons (Fsp3) is 0.286. The summed E-state index contributed by atoms with van der Waals surface area (Å²) in [5.74, 6) is 0.690. The van der Waals surface area contributed by atoms with E-state index in [1.165, 1.54) is 0 Å². The number of aromatic nitrogens is 1. The van der Waals surface area contributed by atoms with Crippen molar-refractivity contribution in [1.29, 1.82) is 0 Å². The van der Waals surface area contributed by atoms with E-state index in [2.05, 4.69) is 5.32 Å². The fourth-order valence-electron chi connectivity index (χ4n) is 1.26. The SMILES string of the molecule is Nc1ccc2n1CC(=O)NC2. The van der Waals surface area contributed by atoms with Crippen molar-refractivity contribution in [3.63, 3.8) is 0 Å². The Balaban J connectivity index is 2.45. The molecule has 1 aliphatic heterocycles. The van der Waals surface area contributed by atoms with Gasteiger partial charge in [-0.1, -0.05) is 0 Å². The molecule has 2 heterocycles. The minimum atomic E-state index is 0.0281. The Morgan fingerprint density at radius 1 is 1.55 bits per heavy atom. The minimum absolute atomic E-state index is 0.0281. The molecule has 0 bridgehead atoms. The van der Waals surface area contributed by atoms with Gasteiger partial charge < -0.3 is 15.6 Å². The minimum Gasteiger partial charge on any atom is -0.385 e. The Labute approximate surface area is 64.0 Å². The molecule has 0 atom stereocenters. The third-order valence-corrected chi connectivity index (χ3v) is 1.87. The zero-order valence-corrected chi connectivity index (χ0v) is 6.00. The van der Waals surface area contributed by atoms with Crippen LogP contribution >= 0.6 is 0 Å². The summed E-state index contributed by atoms with van der Waals surface area (Å²) in [6.07, 6.45) is 0. The zero-order valence-electron chi connectivity index (χ0n) is 6.00. The van der Waals surface area contributed by atoms with Crippen LogP contribution in [0.15, 0.2) is 12.1 Å². The van der Waals surface area contributed by atoms with Crippen LogP contribution in [0.4, 0.5) is 5.82 Å². The first kappa shape index (κ1) is 6.27. The zero-order chi connectivity index (χ0) is 7.84. The van der Waals surface area contributed by atoms with Crippen molar-refractivity contribution in [3.05, 3.63) is 17.8 Å². The third-order valence-electron chi connectivity index (χ3n) is 1.87. The Morgan fingerprint density at radius 2 is 2.36 bits per heavy atom. The summed E-state index contributed by atoms with van der Waals surface area (Å²) in [4.78, 5) is 10.9. The molecule has 0 aromatic carbocycles. The largest absolute Gasteiger partial charge is 0.385 e. The molecule has 1 amide bonds. The van der Waals surface area contributed by atoms with E-state index in [0.29, 0.717) is 18.9 Å². The molecule has 1 aliphatic rings. The van der Waals surface area contributed by atoms with Gasteiger partial charge in [-0.05, 0) is 12.1 Å². The Kier molecular flexibility index (Phi) is 1.15. The number of anilines is 1. The van der Waals surface area contributed by atoms with Crippen LogP contribution in [-0.2, 0) is 17.9 Å². The van der Waals surface area contributed by atoms with Crippen molar-refractivity contribution in [2.45, 2.75) is 13.1 Å². The van der Waals surface area contributed by atoms with Gasteiger partial charge >= 0.3 is 0 Å². The van der Waals surface area contributed by atoms with E-state index < -0.39 is 0 Å². The van der Waals surface area contributed by atoms with Crippen LogP contribution < -0.4 is 11.1 Å². The summed E-state index contributed by atoms with van der Waals surface area (Å²) in [5.41, 5.74) is 6.68. The van der Waals surface area contributed by atoms with Crippen LogP contribution in [0.2, 0.25) is 0 Å². The topological polar surface area (TPSA) is 60.0 Å². The Bertz CT molecular complexity index is 303. The molecule has 4 heteroatoms. The maximum Gasteiger partial charge on any atom is 0.240 e. The van der Waals surface area contributed by atoms with E-state index >= 15 is 0 Å². The maximum absolute atomic E-state index is 10.9. The molecule has 4 nitrogen and oxygen atoms in total. The van der Waals surface area contributed by atoms with E-state index in [9.17, 15) is 4.79 Å². The number of amides is 1. The summed E-state index contributed by atoms with van der Waals surface area (Å²) < 4.78 is 1.82. The fourth-order valence-corrected chi connectivity index (χ4v) is 1.26. The highest BCUT2D eigenvalue weighted by molar-refractivity contribution is 5.77. The highest BCUT2D eigenvalue weighted by atomic mass is 16.2. The number of nitrogen functional groups attached to an aromatic ring is 1. The molecule has 0 saturated carbocycles. The summed E-state index contributed by atoms with van der Waals surface area (Å²) >= 11 is 0. The van der Waals surface area contributed by atoms with Crippen molar-refractivity contribution >= 4 is 11.7 Å². The summed E-state index contributed by atoms with van der Waals surface area (Å²) in [5, 5.41) is 2.74. The van der Waals surface area contributed by atoms with E-state index in [0.717, 1.165) is 5.69 Å². The lowest BCUT2D eigenvalue weighted by Crippen LogP contribution is -2.34. The van der Waals surface area contributed by atoms with Gasteiger partial charge in [-0.3, -0.25) is 4.79 Å². The highest BCUT2D eigenvalue weighted by Crippen LogP contribution is 2.13. The molecule has 0 saturated heterocycles. The quantitative estimate of drug-likeness (QED) is 0.534. The monoisotopic (exact) mass is 151 g/mol. The maximum atomic E-state index is 10.9. The van der Waals surface area contributed by atoms with Gasteiger partial charge in [0.1, 0.15) is 12.4 Å². The number of carbonyl (C=O) groups excluding carboxylic acids is 1. The average Bonchev–Trinajstić information content (AvgIpc) is 2.33. The van der Waals surface area contributed by atoms with Gasteiger partial charge in [-0.2, -0.15) is 0 Å². The molecular weight excluding hydrogens is 142 g/mol. The molecule has 58 valence electrons. The second-order valence-electron chi connectivity index (χ2n) is 2.61. The van der Waals surface area contributed by atoms with Crippen molar-refractivity contribution in [3.8, 4) is 0 Å². The second kappa shape index (κ2) is 2.02. The average molecular weight is 151 g/mol. The number of hydrogen-bond acceptors (Lipinski definition) is 2. The molecule has 0 aliphatic carbocycles. The first-order chi connectivity index (χ1) is 5.27. The lowest BCUT2D eigenvalue weighted by molar-refractivity contribution is -0.122. The number of fused-ring (bicyclic) bond motifs is 1. The van der Waals surface area contributed by atoms with E-state index in [4.69, 9.17) is 5.73 Å². The second-order valence-corrected chi connectivity index (χ2v) is 2.61. The van der Waals surface area contributed by atoms with Crippen LogP contribution in [0.25, 0.3) is 0 Å². The first-order valence-electron chi connectivity index (χ1n) is 3.48. The van der Waals surface area contributed by atoms with Gasteiger partial charge in [0.15, 0.2) is 0 Å². The van der Waals surface area contributed by atoms with Gasteiger partial charge in [0.25, 0.3) is 0 Å². The predicted molar refractivity (Wildman–Crippen MR) is 40.7 cm³/mol. The van der Waals surface area contributed by atoms with E-state index in [1.54, 1.807) is 0 Å². The molecule has 0 spiro atoms. The standard InChI is InChI=1S/C7H9N3O/c8-6-2-1-5-3-9-7(11)4-10(5)6/h1-2H,3-4,8H2,(H,9,11). The van der Waals surface area contributed by atoms with Gasteiger partial charge in [-0.15, -0.1) is 0 Å². The van der Waals surface area contributed by atoms with Crippen LogP contribution in [0, 0.1) is 0 Å². The van der Waals surface area contributed by atoms with Crippen LogP contribution in [0.3, 0.4) is 0 Å².